The molecule has 1 unspecified atom stereocenters. The second-order valence-corrected chi connectivity index (χ2v) is 3.76. The lowest BCUT2D eigenvalue weighted by Crippen LogP contribution is -2.62. The summed E-state index contributed by atoms with van der Waals surface area (Å²) in [6.07, 6.45) is 0. The summed E-state index contributed by atoms with van der Waals surface area (Å²) >= 11 is 0. The molecule has 1 aromatic carbocycles. The van der Waals surface area contributed by atoms with Crippen molar-refractivity contribution < 1.29 is 14.4 Å². The third-order valence-electron chi connectivity index (χ3n) is 2.55. The molecule has 6 nitrogen and oxygen atoms in total. The number of amides is 2. The van der Waals surface area contributed by atoms with Gasteiger partial charge < -0.3 is 15.5 Å². The Hall–Kier alpha value is -2.37. The molecule has 2 amide bonds. The highest BCUT2D eigenvalue weighted by atomic mass is 16.6. The van der Waals surface area contributed by atoms with Crippen LogP contribution < -0.4 is 10.6 Å². The normalized spacial score (nSPS) is 18.6. The lowest BCUT2D eigenvalue weighted by molar-refractivity contribution is -0.131. The minimum atomic E-state index is -0.483. The van der Waals surface area contributed by atoms with E-state index in [2.05, 4.69) is 20.6 Å². The van der Waals surface area contributed by atoms with Gasteiger partial charge >= 0.3 is 0 Å². The molecule has 0 saturated carbocycles. The molecule has 1 atom stereocenters. The summed E-state index contributed by atoms with van der Waals surface area (Å²) in [4.78, 5) is 27.7. The molecule has 1 aliphatic heterocycles. The predicted molar refractivity (Wildman–Crippen MR) is 64.9 cm³/mol. The Balaban J connectivity index is 2.13. The minimum absolute atomic E-state index is 0.151. The number of hydrogen-bond acceptors (Lipinski definition) is 4. The second-order valence-electron chi connectivity index (χ2n) is 3.76. The first-order valence-electron chi connectivity index (χ1n) is 5.47. The Morgan fingerprint density at radius 1 is 1.44 bits per heavy atom. The van der Waals surface area contributed by atoms with E-state index in [-0.39, 0.29) is 11.6 Å². The first-order chi connectivity index (χ1) is 8.72. The molecule has 1 fully saturated rings. The average molecular weight is 247 g/mol. The number of nitrogens with one attached hydrogen (secondary N) is 2. The van der Waals surface area contributed by atoms with E-state index < -0.39 is 11.9 Å². The highest BCUT2D eigenvalue weighted by Gasteiger charge is 2.30. The number of benzene rings is 1. The van der Waals surface area contributed by atoms with Gasteiger partial charge in [0.25, 0.3) is 5.91 Å². The zero-order valence-electron chi connectivity index (χ0n) is 9.84. The zero-order chi connectivity index (χ0) is 13.0. The SMILES string of the molecule is CON=C(C(=O)NC1CNC1=O)c1ccccc1. The van der Waals surface area contributed by atoms with Crippen molar-refractivity contribution in [2.24, 2.45) is 5.16 Å². The van der Waals surface area contributed by atoms with E-state index in [0.29, 0.717) is 12.1 Å². The molecular weight excluding hydrogens is 234 g/mol. The van der Waals surface area contributed by atoms with Gasteiger partial charge in [-0.25, -0.2) is 0 Å². The Bertz CT molecular complexity index is 485. The number of hydrogen-bond donors (Lipinski definition) is 2. The monoisotopic (exact) mass is 247 g/mol. The molecule has 0 bridgehead atoms. The summed E-state index contributed by atoms with van der Waals surface area (Å²) in [5.74, 6) is -0.615. The van der Waals surface area contributed by atoms with Gasteiger partial charge in [-0.3, -0.25) is 9.59 Å². The maximum Gasteiger partial charge on any atom is 0.274 e. The van der Waals surface area contributed by atoms with Crippen LogP contribution in [-0.4, -0.2) is 37.2 Å². The van der Waals surface area contributed by atoms with Gasteiger partial charge in [0.05, 0.1) is 0 Å². The van der Waals surface area contributed by atoms with Crippen LogP contribution in [0.15, 0.2) is 35.5 Å². The van der Waals surface area contributed by atoms with Crippen LogP contribution in [0, 0.1) is 0 Å². The number of rotatable bonds is 4. The molecule has 6 heteroatoms. The van der Waals surface area contributed by atoms with E-state index in [9.17, 15) is 9.59 Å². The molecule has 0 aromatic heterocycles. The first kappa shape index (κ1) is 12.1. The molecule has 0 aliphatic carbocycles. The van der Waals surface area contributed by atoms with Crippen molar-refractivity contribution in [1.82, 2.24) is 10.6 Å². The third kappa shape index (κ3) is 2.48. The fraction of sp³-hybridized carbons (Fsp3) is 0.250. The lowest BCUT2D eigenvalue weighted by atomic mass is 10.1. The summed E-state index contributed by atoms with van der Waals surface area (Å²) in [6.45, 7) is 0.444. The van der Waals surface area contributed by atoms with Gasteiger partial charge in [0, 0.05) is 12.1 Å². The maximum absolute atomic E-state index is 12.0. The molecule has 94 valence electrons. The number of nitrogens with zero attached hydrogens (tertiary/aromatic N) is 1. The van der Waals surface area contributed by atoms with Gasteiger partial charge in [0.15, 0.2) is 5.71 Å². The molecule has 0 spiro atoms. The Morgan fingerprint density at radius 3 is 2.67 bits per heavy atom. The van der Waals surface area contributed by atoms with Crippen molar-refractivity contribution in [1.29, 1.82) is 0 Å². The molecule has 1 aromatic rings. The predicted octanol–water partition coefficient (Wildman–Crippen LogP) is -0.348. The molecule has 1 aliphatic rings. The standard InChI is InChI=1S/C12H13N3O3/c1-18-15-10(8-5-3-2-4-6-8)12(17)14-9-7-13-11(9)16/h2-6,9H,7H2,1H3,(H,13,16)(H,14,17). The molecule has 18 heavy (non-hydrogen) atoms. The van der Waals surface area contributed by atoms with Crippen LogP contribution in [0.1, 0.15) is 5.56 Å². The van der Waals surface area contributed by atoms with Crippen molar-refractivity contribution in [2.45, 2.75) is 6.04 Å². The molecular formula is C12H13N3O3. The van der Waals surface area contributed by atoms with Crippen LogP contribution in [0.2, 0.25) is 0 Å². The van der Waals surface area contributed by atoms with E-state index in [1.54, 1.807) is 24.3 Å². The van der Waals surface area contributed by atoms with Crippen molar-refractivity contribution in [3.05, 3.63) is 35.9 Å². The van der Waals surface area contributed by atoms with E-state index in [1.807, 2.05) is 6.07 Å². The van der Waals surface area contributed by atoms with Crippen LogP contribution in [-0.2, 0) is 14.4 Å². The van der Waals surface area contributed by atoms with Crippen molar-refractivity contribution in [2.75, 3.05) is 13.7 Å². The zero-order valence-corrected chi connectivity index (χ0v) is 9.84. The molecule has 2 rings (SSSR count). The van der Waals surface area contributed by atoms with E-state index in [1.165, 1.54) is 7.11 Å². The molecule has 0 radical (unpaired) electrons. The van der Waals surface area contributed by atoms with Crippen molar-refractivity contribution in [3.63, 3.8) is 0 Å². The fourth-order valence-corrected chi connectivity index (χ4v) is 1.54. The summed E-state index contributed by atoms with van der Waals surface area (Å²) in [7, 11) is 1.37. The van der Waals surface area contributed by atoms with Gasteiger partial charge in [-0.2, -0.15) is 0 Å². The van der Waals surface area contributed by atoms with Crippen molar-refractivity contribution in [3.8, 4) is 0 Å². The summed E-state index contributed by atoms with van der Waals surface area (Å²) in [6, 6.07) is 8.44. The minimum Gasteiger partial charge on any atom is -0.398 e. The molecule has 1 heterocycles. The number of carbonyl (C=O) groups excluding carboxylic acids is 2. The number of carbonyl (C=O) groups is 2. The summed E-state index contributed by atoms with van der Waals surface area (Å²) in [5, 5.41) is 8.84. The van der Waals surface area contributed by atoms with Crippen LogP contribution >= 0.6 is 0 Å². The van der Waals surface area contributed by atoms with Crippen LogP contribution in [0.3, 0.4) is 0 Å². The smallest absolute Gasteiger partial charge is 0.274 e. The Kier molecular flexibility index (Phi) is 3.57. The van der Waals surface area contributed by atoms with E-state index in [0.717, 1.165) is 0 Å². The highest BCUT2D eigenvalue weighted by molar-refractivity contribution is 6.45. The highest BCUT2D eigenvalue weighted by Crippen LogP contribution is 2.03. The molecule has 2 N–H and O–H groups in total. The van der Waals surface area contributed by atoms with Gasteiger partial charge in [0.2, 0.25) is 5.91 Å². The van der Waals surface area contributed by atoms with Crippen molar-refractivity contribution >= 4 is 17.5 Å². The van der Waals surface area contributed by atoms with Gasteiger partial charge in [-0.1, -0.05) is 35.5 Å². The van der Waals surface area contributed by atoms with Gasteiger partial charge in [-0.15, -0.1) is 0 Å². The molecule has 1 saturated heterocycles. The number of β-lactam (4-membered cyclic amide) rings is 1. The Labute approximate surface area is 104 Å². The van der Waals surface area contributed by atoms with Crippen LogP contribution in [0.5, 0.6) is 0 Å². The average Bonchev–Trinajstić information content (AvgIpc) is 2.41. The maximum atomic E-state index is 12.0. The van der Waals surface area contributed by atoms with Crippen LogP contribution in [0.25, 0.3) is 0 Å². The van der Waals surface area contributed by atoms with Crippen LogP contribution in [0.4, 0.5) is 0 Å². The quantitative estimate of drug-likeness (QED) is 0.433. The fourth-order valence-electron chi connectivity index (χ4n) is 1.54. The summed E-state index contributed by atoms with van der Waals surface area (Å²) in [5.41, 5.74) is 0.786. The van der Waals surface area contributed by atoms with E-state index in [4.69, 9.17) is 0 Å². The summed E-state index contributed by atoms with van der Waals surface area (Å²) < 4.78 is 0. The Morgan fingerprint density at radius 2 is 2.17 bits per heavy atom. The third-order valence-corrected chi connectivity index (χ3v) is 2.55. The van der Waals surface area contributed by atoms with Gasteiger partial charge in [-0.05, 0) is 0 Å². The topological polar surface area (TPSA) is 79.8 Å². The van der Waals surface area contributed by atoms with Gasteiger partial charge in [0.1, 0.15) is 13.2 Å². The number of oxime groups is 1. The first-order valence-corrected chi connectivity index (χ1v) is 5.47. The largest absolute Gasteiger partial charge is 0.398 e. The second kappa shape index (κ2) is 5.31. The lowest BCUT2D eigenvalue weighted by Gasteiger charge is -2.26. The van der Waals surface area contributed by atoms with E-state index >= 15 is 0 Å².